The topological polar surface area (TPSA) is 42.7 Å². The molecule has 0 saturated heterocycles. The SMILES string of the molecule is CCn1c(CC(NC)c2cccnc2)nc2ccccc21. The maximum atomic E-state index is 4.80. The number of aryl methyl sites for hydroxylation is 1. The Morgan fingerprint density at radius 1 is 1.19 bits per heavy atom. The van der Waals surface area contributed by atoms with Crippen LogP contribution in [-0.4, -0.2) is 21.6 Å². The molecule has 0 aliphatic rings. The van der Waals surface area contributed by atoms with E-state index < -0.39 is 0 Å². The number of benzene rings is 1. The second-order valence-corrected chi connectivity index (χ2v) is 5.09. The third-order valence-corrected chi connectivity index (χ3v) is 3.87. The Balaban J connectivity index is 1.97. The first-order valence-electron chi connectivity index (χ1n) is 7.34. The fourth-order valence-electron chi connectivity index (χ4n) is 2.79. The summed E-state index contributed by atoms with van der Waals surface area (Å²) >= 11 is 0. The molecule has 0 amide bonds. The minimum Gasteiger partial charge on any atom is -0.328 e. The predicted octanol–water partition coefficient (Wildman–Crippen LogP) is 2.95. The molecule has 0 radical (unpaired) electrons. The molecule has 1 atom stereocenters. The van der Waals surface area contributed by atoms with Gasteiger partial charge >= 0.3 is 0 Å². The summed E-state index contributed by atoms with van der Waals surface area (Å²) in [5.41, 5.74) is 3.46. The van der Waals surface area contributed by atoms with E-state index in [1.54, 1.807) is 6.20 Å². The van der Waals surface area contributed by atoms with E-state index in [0.717, 1.165) is 24.3 Å². The summed E-state index contributed by atoms with van der Waals surface area (Å²) in [6.07, 6.45) is 4.57. The summed E-state index contributed by atoms with van der Waals surface area (Å²) in [5, 5.41) is 3.37. The van der Waals surface area contributed by atoms with Gasteiger partial charge in [0, 0.05) is 31.4 Å². The molecule has 0 saturated carbocycles. The first kappa shape index (κ1) is 13.8. The minimum atomic E-state index is 0.223. The smallest absolute Gasteiger partial charge is 0.111 e. The second kappa shape index (κ2) is 6.06. The molecule has 0 aliphatic heterocycles. The van der Waals surface area contributed by atoms with Gasteiger partial charge in [-0.1, -0.05) is 18.2 Å². The van der Waals surface area contributed by atoms with Crippen LogP contribution >= 0.6 is 0 Å². The fourth-order valence-corrected chi connectivity index (χ4v) is 2.79. The number of likely N-dealkylation sites (N-methyl/N-ethyl adjacent to an activating group) is 1. The normalized spacial score (nSPS) is 12.7. The Hall–Kier alpha value is -2.20. The van der Waals surface area contributed by atoms with Gasteiger partial charge in [0.25, 0.3) is 0 Å². The number of pyridine rings is 1. The summed E-state index contributed by atoms with van der Waals surface area (Å²) in [7, 11) is 1.98. The van der Waals surface area contributed by atoms with E-state index in [0.29, 0.717) is 0 Å². The zero-order chi connectivity index (χ0) is 14.7. The van der Waals surface area contributed by atoms with E-state index in [-0.39, 0.29) is 6.04 Å². The molecule has 4 nitrogen and oxygen atoms in total. The van der Waals surface area contributed by atoms with Gasteiger partial charge in [-0.2, -0.15) is 0 Å². The van der Waals surface area contributed by atoms with Crippen LogP contribution in [0.3, 0.4) is 0 Å². The van der Waals surface area contributed by atoms with Gasteiger partial charge in [-0.25, -0.2) is 4.98 Å². The number of nitrogens with one attached hydrogen (secondary N) is 1. The monoisotopic (exact) mass is 280 g/mol. The van der Waals surface area contributed by atoms with Gasteiger partial charge in [0.2, 0.25) is 0 Å². The van der Waals surface area contributed by atoms with Crippen LogP contribution < -0.4 is 5.32 Å². The predicted molar refractivity (Wildman–Crippen MR) is 85.1 cm³/mol. The standard InChI is InChI=1S/C17H20N4/c1-3-21-16-9-5-4-8-14(16)20-17(21)11-15(18-2)13-7-6-10-19-12-13/h4-10,12,15,18H,3,11H2,1-2H3. The van der Waals surface area contributed by atoms with Crippen LogP contribution in [0.2, 0.25) is 0 Å². The lowest BCUT2D eigenvalue weighted by atomic mass is 10.1. The zero-order valence-electron chi connectivity index (χ0n) is 12.5. The molecule has 21 heavy (non-hydrogen) atoms. The van der Waals surface area contributed by atoms with Crippen molar-refractivity contribution >= 4 is 11.0 Å². The number of hydrogen-bond acceptors (Lipinski definition) is 3. The van der Waals surface area contributed by atoms with Crippen LogP contribution in [0.25, 0.3) is 11.0 Å². The summed E-state index contributed by atoms with van der Waals surface area (Å²) in [6.45, 7) is 3.09. The molecule has 3 aromatic rings. The van der Waals surface area contributed by atoms with Crippen molar-refractivity contribution in [1.82, 2.24) is 19.9 Å². The van der Waals surface area contributed by atoms with Gasteiger partial charge < -0.3 is 9.88 Å². The molecule has 2 aromatic heterocycles. The van der Waals surface area contributed by atoms with Crippen molar-refractivity contribution in [3.05, 3.63) is 60.2 Å². The first-order chi connectivity index (χ1) is 10.3. The molecule has 0 fully saturated rings. The van der Waals surface area contributed by atoms with Gasteiger partial charge in [0.05, 0.1) is 11.0 Å². The number of aromatic nitrogens is 3. The van der Waals surface area contributed by atoms with E-state index in [4.69, 9.17) is 4.98 Å². The van der Waals surface area contributed by atoms with Crippen LogP contribution in [0.15, 0.2) is 48.8 Å². The highest BCUT2D eigenvalue weighted by Gasteiger charge is 2.15. The van der Waals surface area contributed by atoms with E-state index in [9.17, 15) is 0 Å². The second-order valence-electron chi connectivity index (χ2n) is 5.09. The average molecular weight is 280 g/mol. The molecule has 108 valence electrons. The van der Waals surface area contributed by atoms with Crippen LogP contribution in [0.5, 0.6) is 0 Å². The number of para-hydroxylation sites is 2. The highest BCUT2D eigenvalue weighted by atomic mass is 15.1. The summed E-state index contributed by atoms with van der Waals surface area (Å²) in [6, 6.07) is 12.6. The Bertz CT molecular complexity index is 718. The first-order valence-corrected chi connectivity index (χ1v) is 7.34. The summed E-state index contributed by atoms with van der Waals surface area (Å²) < 4.78 is 2.29. The molecule has 4 heteroatoms. The third-order valence-electron chi connectivity index (χ3n) is 3.87. The van der Waals surface area contributed by atoms with Crippen molar-refractivity contribution in [3.8, 4) is 0 Å². The zero-order valence-corrected chi connectivity index (χ0v) is 12.5. The molecular formula is C17H20N4. The fraction of sp³-hybridized carbons (Fsp3) is 0.294. The van der Waals surface area contributed by atoms with Crippen molar-refractivity contribution in [2.45, 2.75) is 25.9 Å². The summed E-state index contributed by atoms with van der Waals surface area (Å²) in [5.74, 6) is 1.11. The van der Waals surface area contributed by atoms with Crippen molar-refractivity contribution in [2.24, 2.45) is 0 Å². The molecule has 1 N–H and O–H groups in total. The molecule has 1 aromatic carbocycles. The van der Waals surface area contributed by atoms with Crippen LogP contribution in [-0.2, 0) is 13.0 Å². The average Bonchev–Trinajstić information content (AvgIpc) is 2.90. The molecule has 2 heterocycles. The number of nitrogens with zero attached hydrogens (tertiary/aromatic N) is 3. The molecule has 0 aliphatic carbocycles. The van der Waals surface area contributed by atoms with E-state index >= 15 is 0 Å². The highest BCUT2D eigenvalue weighted by molar-refractivity contribution is 5.75. The lowest BCUT2D eigenvalue weighted by Gasteiger charge is -2.16. The van der Waals surface area contributed by atoms with Crippen LogP contribution in [0, 0.1) is 0 Å². The van der Waals surface area contributed by atoms with Gasteiger partial charge in [-0.15, -0.1) is 0 Å². The Labute approximate surface area is 124 Å². The van der Waals surface area contributed by atoms with Gasteiger partial charge in [-0.05, 0) is 37.7 Å². The number of fused-ring (bicyclic) bond motifs is 1. The Kier molecular flexibility index (Phi) is 3.97. The van der Waals surface area contributed by atoms with Gasteiger partial charge in [0.15, 0.2) is 0 Å². The lowest BCUT2D eigenvalue weighted by molar-refractivity contribution is 0.555. The Morgan fingerprint density at radius 3 is 2.76 bits per heavy atom. The van der Waals surface area contributed by atoms with E-state index in [2.05, 4.69) is 46.1 Å². The van der Waals surface area contributed by atoms with Gasteiger partial charge in [-0.3, -0.25) is 4.98 Å². The van der Waals surface area contributed by atoms with E-state index in [1.165, 1.54) is 11.1 Å². The molecule has 3 rings (SSSR count). The maximum absolute atomic E-state index is 4.80. The largest absolute Gasteiger partial charge is 0.328 e. The maximum Gasteiger partial charge on any atom is 0.111 e. The molecule has 0 spiro atoms. The molecular weight excluding hydrogens is 260 g/mol. The van der Waals surface area contributed by atoms with Crippen molar-refractivity contribution in [2.75, 3.05) is 7.05 Å². The van der Waals surface area contributed by atoms with Crippen LogP contribution in [0.4, 0.5) is 0 Å². The van der Waals surface area contributed by atoms with Crippen molar-refractivity contribution in [3.63, 3.8) is 0 Å². The van der Waals surface area contributed by atoms with Crippen molar-refractivity contribution < 1.29 is 0 Å². The number of hydrogen-bond donors (Lipinski definition) is 1. The Morgan fingerprint density at radius 2 is 2.05 bits per heavy atom. The lowest BCUT2D eigenvalue weighted by Crippen LogP contribution is -2.21. The van der Waals surface area contributed by atoms with Crippen molar-refractivity contribution in [1.29, 1.82) is 0 Å². The minimum absolute atomic E-state index is 0.223. The molecule has 0 bridgehead atoms. The third kappa shape index (κ3) is 2.67. The highest BCUT2D eigenvalue weighted by Crippen LogP contribution is 2.21. The number of rotatable bonds is 5. The van der Waals surface area contributed by atoms with Crippen LogP contribution in [0.1, 0.15) is 24.4 Å². The molecule has 1 unspecified atom stereocenters. The number of imidazole rings is 1. The summed E-state index contributed by atoms with van der Waals surface area (Å²) in [4.78, 5) is 9.01. The van der Waals surface area contributed by atoms with Gasteiger partial charge in [0.1, 0.15) is 5.82 Å². The quantitative estimate of drug-likeness (QED) is 0.781. The van der Waals surface area contributed by atoms with E-state index in [1.807, 2.05) is 25.4 Å².